The first-order valence-electron chi connectivity index (χ1n) is 12.8. The second kappa shape index (κ2) is 8.86. The van der Waals surface area contributed by atoms with Crippen molar-refractivity contribution in [2.75, 3.05) is 0 Å². The Morgan fingerprint density at radius 3 is 1.89 bits per heavy atom. The van der Waals surface area contributed by atoms with Crippen LogP contribution in [0, 0.1) is 13.8 Å². The SMILES string of the molecule is Cc1cc(C)cc(-c2nnc(-c3ccc(-n4c5ccccc5c5cc(-c6ccccc6)ccc54)cc3)o2)c1. The second-order valence-corrected chi connectivity index (χ2v) is 9.79. The zero-order chi connectivity index (χ0) is 25.6. The molecule has 0 aliphatic carbocycles. The van der Waals surface area contributed by atoms with Gasteiger partial charge in [0.05, 0.1) is 11.0 Å². The van der Waals surface area contributed by atoms with Crippen LogP contribution in [0.4, 0.5) is 0 Å². The number of aryl methyl sites for hydroxylation is 2. The van der Waals surface area contributed by atoms with Crippen molar-refractivity contribution in [1.82, 2.24) is 14.8 Å². The van der Waals surface area contributed by atoms with E-state index in [0.29, 0.717) is 11.8 Å². The zero-order valence-corrected chi connectivity index (χ0v) is 21.2. The Bertz CT molecular complexity index is 1910. The number of fused-ring (bicyclic) bond motifs is 3. The molecule has 4 nitrogen and oxygen atoms in total. The van der Waals surface area contributed by atoms with Gasteiger partial charge in [0.25, 0.3) is 0 Å². The van der Waals surface area contributed by atoms with Gasteiger partial charge in [-0.1, -0.05) is 71.8 Å². The van der Waals surface area contributed by atoms with Crippen molar-refractivity contribution in [2.24, 2.45) is 0 Å². The topological polar surface area (TPSA) is 43.9 Å². The number of hydrogen-bond acceptors (Lipinski definition) is 3. The summed E-state index contributed by atoms with van der Waals surface area (Å²) >= 11 is 0. The van der Waals surface area contributed by atoms with E-state index in [-0.39, 0.29) is 0 Å². The highest BCUT2D eigenvalue weighted by molar-refractivity contribution is 6.10. The van der Waals surface area contributed by atoms with Crippen LogP contribution >= 0.6 is 0 Å². The Kier molecular flexibility index (Phi) is 5.19. The fraction of sp³-hybridized carbons (Fsp3) is 0.0588. The molecule has 0 bridgehead atoms. The average Bonchev–Trinajstić information content (AvgIpc) is 3.57. The first-order valence-corrected chi connectivity index (χ1v) is 12.8. The summed E-state index contributed by atoms with van der Waals surface area (Å²) in [5, 5.41) is 11.1. The van der Waals surface area contributed by atoms with Crippen molar-refractivity contribution in [2.45, 2.75) is 13.8 Å². The van der Waals surface area contributed by atoms with Gasteiger partial charge in [0, 0.05) is 27.6 Å². The quantitative estimate of drug-likeness (QED) is 0.247. The maximum Gasteiger partial charge on any atom is 0.248 e. The number of para-hydroxylation sites is 1. The highest BCUT2D eigenvalue weighted by Crippen LogP contribution is 2.35. The molecular formula is C34H25N3O. The van der Waals surface area contributed by atoms with Gasteiger partial charge in [-0.2, -0.15) is 0 Å². The van der Waals surface area contributed by atoms with E-state index in [0.717, 1.165) is 16.8 Å². The molecule has 0 N–H and O–H groups in total. The van der Waals surface area contributed by atoms with Gasteiger partial charge in [0.2, 0.25) is 11.8 Å². The number of hydrogen-bond donors (Lipinski definition) is 0. The van der Waals surface area contributed by atoms with Crippen molar-refractivity contribution in [3.8, 4) is 39.7 Å². The molecule has 4 heteroatoms. The second-order valence-electron chi connectivity index (χ2n) is 9.79. The molecule has 5 aromatic carbocycles. The molecule has 2 aromatic heterocycles. The minimum absolute atomic E-state index is 0.514. The van der Waals surface area contributed by atoms with E-state index < -0.39 is 0 Å². The summed E-state index contributed by atoms with van der Waals surface area (Å²) in [7, 11) is 0. The van der Waals surface area contributed by atoms with Gasteiger partial charge in [-0.25, -0.2) is 0 Å². The van der Waals surface area contributed by atoms with Crippen molar-refractivity contribution in [3.63, 3.8) is 0 Å². The molecule has 7 rings (SSSR count). The number of rotatable bonds is 4. The van der Waals surface area contributed by atoms with Crippen molar-refractivity contribution in [3.05, 3.63) is 126 Å². The molecule has 0 saturated carbocycles. The van der Waals surface area contributed by atoms with E-state index in [1.54, 1.807) is 0 Å². The molecule has 0 aliphatic heterocycles. The third-order valence-corrected chi connectivity index (χ3v) is 7.05. The third-order valence-electron chi connectivity index (χ3n) is 7.05. The Morgan fingerprint density at radius 1 is 0.500 bits per heavy atom. The van der Waals surface area contributed by atoms with Gasteiger partial charge in [0.15, 0.2) is 0 Å². The van der Waals surface area contributed by atoms with Crippen LogP contribution in [0.1, 0.15) is 11.1 Å². The fourth-order valence-electron chi connectivity index (χ4n) is 5.37. The third kappa shape index (κ3) is 3.78. The predicted octanol–water partition coefficient (Wildman–Crippen LogP) is 8.78. The highest BCUT2D eigenvalue weighted by Gasteiger charge is 2.15. The highest BCUT2D eigenvalue weighted by atomic mass is 16.4. The monoisotopic (exact) mass is 491 g/mol. The van der Waals surface area contributed by atoms with E-state index >= 15 is 0 Å². The van der Waals surface area contributed by atoms with Crippen molar-refractivity contribution < 1.29 is 4.42 Å². The lowest BCUT2D eigenvalue weighted by molar-refractivity contribution is 0.584. The first kappa shape index (κ1) is 22.3. The summed E-state index contributed by atoms with van der Waals surface area (Å²) in [6.45, 7) is 4.15. The van der Waals surface area contributed by atoms with Crippen LogP contribution in [-0.2, 0) is 0 Å². The molecule has 0 aliphatic rings. The minimum Gasteiger partial charge on any atom is -0.416 e. The van der Waals surface area contributed by atoms with Crippen LogP contribution in [0.5, 0.6) is 0 Å². The molecular weight excluding hydrogens is 466 g/mol. The molecule has 7 aromatic rings. The van der Waals surface area contributed by atoms with Crippen LogP contribution in [0.3, 0.4) is 0 Å². The minimum atomic E-state index is 0.514. The molecule has 38 heavy (non-hydrogen) atoms. The largest absolute Gasteiger partial charge is 0.416 e. The molecule has 2 heterocycles. The Balaban J connectivity index is 1.29. The molecule has 0 atom stereocenters. The van der Waals surface area contributed by atoms with Crippen LogP contribution < -0.4 is 0 Å². The molecule has 0 spiro atoms. The van der Waals surface area contributed by atoms with E-state index in [4.69, 9.17) is 4.42 Å². The van der Waals surface area contributed by atoms with E-state index in [9.17, 15) is 0 Å². The number of aromatic nitrogens is 3. The summed E-state index contributed by atoms with van der Waals surface area (Å²) in [5.74, 6) is 1.05. The maximum atomic E-state index is 6.06. The molecule has 0 saturated heterocycles. The number of benzene rings is 5. The van der Waals surface area contributed by atoms with Gasteiger partial charge in [-0.3, -0.25) is 0 Å². The Labute approximate surface area is 220 Å². The summed E-state index contributed by atoms with van der Waals surface area (Å²) in [5.41, 5.74) is 10.0. The summed E-state index contributed by atoms with van der Waals surface area (Å²) < 4.78 is 8.38. The van der Waals surface area contributed by atoms with E-state index in [1.165, 1.54) is 44.1 Å². The summed E-state index contributed by atoms with van der Waals surface area (Å²) in [6, 6.07) is 40.4. The molecule has 182 valence electrons. The van der Waals surface area contributed by atoms with E-state index in [1.807, 2.05) is 12.1 Å². The van der Waals surface area contributed by atoms with Gasteiger partial charge < -0.3 is 8.98 Å². The number of nitrogens with zero attached hydrogens (tertiary/aromatic N) is 3. The van der Waals surface area contributed by atoms with Crippen LogP contribution in [0.2, 0.25) is 0 Å². The van der Waals surface area contributed by atoms with Crippen LogP contribution in [0.15, 0.2) is 120 Å². The summed E-state index contributed by atoms with van der Waals surface area (Å²) in [6.07, 6.45) is 0. The lowest BCUT2D eigenvalue weighted by atomic mass is 10.0. The first-order chi connectivity index (χ1) is 18.6. The normalized spacial score (nSPS) is 11.4. The van der Waals surface area contributed by atoms with Crippen molar-refractivity contribution in [1.29, 1.82) is 0 Å². The average molecular weight is 492 g/mol. The molecule has 0 amide bonds. The molecule has 0 unspecified atom stereocenters. The molecule has 0 radical (unpaired) electrons. The van der Waals surface area contributed by atoms with Gasteiger partial charge in [0.1, 0.15) is 0 Å². The molecule has 0 fully saturated rings. The Hall–Kier alpha value is -4.96. The van der Waals surface area contributed by atoms with Crippen LogP contribution in [0.25, 0.3) is 61.5 Å². The lowest BCUT2D eigenvalue weighted by Gasteiger charge is -2.09. The summed E-state index contributed by atoms with van der Waals surface area (Å²) in [4.78, 5) is 0. The zero-order valence-electron chi connectivity index (χ0n) is 21.2. The fourth-order valence-corrected chi connectivity index (χ4v) is 5.37. The van der Waals surface area contributed by atoms with Gasteiger partial charge in [-0.05, 0) is 79.6 Å². The standard InChI is InChI=1S/C34H25N3O/c1-22-18-23(2)20-27(19-22)34-36-35-33(38-34)25-12-15-28(16-13-25)37-31-11-7-6-10-29(31)30-21-26(14-17-32(30)37)24-8-4-3-5-9-24/h3-21H,1-2H3. The lowest BCUT2D eigenvalue weighted by Crippen LogP contribution is -1.93. The van der Waals surface area contributed by atoms with Crippen molar-refractivity contribution >= 4 is 21.8 Å². The predicted molar refractivity (Wildman–Crippen MR) is 154 cm³/mol. The van der Waals surface area contributed by atoms with Gasteiger partial charge in [-0.15, -0.1) is 10.2 Å². The van der Waals surface area contributed by atoms with Crippen LogP contribution in [-0.4, -0.2) is 14.8 Å². The maximum absolute atomic E-state index is 6.06. The van der Waals surface area contributed by atoms with E-state index in [2.05, 4.69) is 132 Å². The Morgan fingerprint density at radius 2 is 1.13 bits per heavy atom. The van der Waals surface area contributed by atoms with Gasteiger partial charge >= 0.3 is 0 Å². The smallest absolute Gasteiger partial charge is 0.248 e.